The van der Waals surface area contributed by atoms with Crippen molar-refractivity contribution in [1.82, 2.24) is 15.2 Å². The van der Waals surface area contributed by atoms with Gasteiger partial charge < -0.3 is 4.74 Å². The average Bonchev–Trinajstić information content (AvgIpc) is 2.83. The summed E-state index contributed by atoms with van der Waals surface area (Å²) in [7, 11) is 3.44. The van der Waals surface area contributed by atoms with Crippen molar-refractivity contribution >= 4 is 11.8 Å². The van der Waals surface area contributed by atoms with Crippen LogP contribution in [0.1, 0.15) is 11.7 Å². The topological polar surface area (TPSA) is 65.1 Å². The summed E-state index contributed by atoms with van der Waals surface area (Å²) in [5.41, 5.74) is 3.65. The molecule has 0 aliphatic carbocycles. The highest BCUT2D eigenvalue weighted by Crippen LogP contribution is 2.29. The van der Waals surface area contributed by atoms with Gasteiger partial charge in [0.05, 0.1) is 25.0 Å². The summed E-state index contributed by atoms with van der Waals surface area (Å²) in [5, 5.41) is 4.16. The lowest BCUT2D eigenvalue weighted by Crippen LogP contribution is -2.31. The van der Waals surface area contributed by atoms with Crippen molar-refractivity contribution in [3.05, 3.63) is 42.0 Å². The molecule has 5 nitrogen and oxygen atoms in total. The summed E-state index contributed by atoms with van der Waals surface area (Å²) >= 11 is 1.58. The Balaban J connectivity index is 2.09. The van der Waals surface area contributed by atoms with Crippen LogP contribution in [0, 0.1) is 5.82 Å². The largest absolute Gasteiger partial charge is 0.493 e. The Morgan fingerprint density at radius 1 is 1.45 bits per heavy atom. The van der Waals surface area contributed by atoms with Crippen LogP contribution in [0.25, 0.3) is 0 Å². The Kier molecular flexibility index (Phi) is 4.99. The summed E-state index contributed by atoms with van der Waals surface area (Å²) in [4.78, 5) is 0.979. The first-order valence-corrected chi connectivity index (χ1v) is 7.04. The van der Waals surface area contributed by atoms with Crippen LogP contribution in [0.4, 0.5) is 4.39 Å². The Morgan fingerprint density at radius 2 is 2.15 bits per heavy atom. The zero-order valence-electron chi connectivity index (χ0n) is 11.3. The molecule has 1 atom stereocenters. The molecule has 7 heteroatoms. The van der Waals surface area contributed by atoms with E-state index >= 15 is 0 Å². The van der Waals surface area contributed by atoms with Gasteiger partial charge in [-0.25, -0.2) is 4.39 Å². The molecule has 0 fully saturated rings. The van der Waals surface area contributed by atoms with Crippen molar-refractivity contribution in [3.63, 3.8) is 0 Å². The van der Waals surface area contributed by atoms with Crippen molar-refractivity contribution in [1.29, 1.82) is 0 Å². The molecule has 1 heterocycles. The molecule has 0 spiro atoms. The second kappa shape index (κ2) is 6.74. The quantitative estimate of drug-likeness (QED) is 0.484. The third kappa shape index (κ3) is 3.30. The van der Waals surface area contributed by atoms with E-state index in [4.69, 9.17) is 10.6 Å². The molecular weight excluding hydrogens is 279 g/mol. The van der Waals surface area contributed by atoms with Crippen LogP contribution in [0.3, 0.4) is 0 Å². The van der Waals surface area contributed by atoms with Crippen LogP contribution in [0.15, 0.2) is 35.4 Å². The maximum Gasteiger partial charge on any atom is 0.161 e. The van der Waals surface area contributed by atoms with Crippen LogP contribution < -0.4 is 16.0 Å². The monoisotopic (exact) mass is 296 g/mol. The molecule has 1 aromatic carbocycles. The first-order valence-electron chi connectivity index (χ1n) is 6.06. The number of aryl methyl sites for hydroxylation is 1. The third-order valence-corrected chi connectivity index (χ3v) is 4.04. The van der Waals surface area contributed by atoms with Gasteiger partial charge in [0.2, 0.25) is 0 Å². The van der Waals surface area contributed by atoms with Crippen molar-refractivity contribution in [2.24, 2.45) is 12.9 Å². The molecule has 0 aliphatic rings. The lowest BCUT2D eigenvalue weighted by atomic mass is 10.2. The number of methoxy groups -OCH3 is 1. The van der Waals surface area contributed by atoms with Crippen LogP contribution in [0.5, 0.6) is 5.75 Å². The van der Waals surface area contributed by atoms with Gasteiger partial charge in [0, 0.05) is 17.7 Å². The molecule has 0 saturated carbocycles. The first kappa shape index (κ1) is 14.8. The Hall–Kier alpha value is -1.57. The molecule has 1 unspecified atom stereocenters. The first-order chi connectivity index (χ1) is 9.65. The fourth-order valence-corrected chi connectivity index (χ4v) is 2.84. The van der Waals surface area contributed by atoms with E-state index in [1.807, 2.05) is 7.05 Å². The molecule has 0 saturated heterocycles. The zero-order valence-corrected chi connectivity index (χ0v) is 12.2. The lowest BCUT2D eigenvalue weighted by molar-refractivity contribution is 0.399. The highest BCUT2D eigenvalue weighted by Gasteiger charge is 2.19. The van der Waals surface area contributed by atoms with Crippen LogP contribution >= 0.6 is 11.8 Å². The van der Waals surface area contributed by atoms with Crippen molar-refractivity contribution in [2.45, 2.75) is 10.9 Å². The second-order valence-electron chi connectivity index (χ2n) is 4.21. The minimum atomic E-state index is -0.240. The van der Waals surface area contributed by atoms with Crippen molar-refractivity contribution in [3.8, 4) is 5.75 Å². The lowest BCUT2D eigenvalue weighted by Gasteiger charge is -2.17. The van der Waals surface area contributed by atoms with E-state index in [9.17, 15) is 4.39 Å². The van der Waals surface area contributed by atoms with Gasteiger partial charge in [-0.1, -0.05) is 0 Å². The summed E-state index contributed by atoms with van der Waals surface area (Å²) < 4.78 is 19.9. The van der Waals surface area contributed by atoms with Gasteiger partial charge in [-0.2, -0.15) is 5.10 Å². The molecule has 0 aliphatic heterocycles. The molecule has 20 heavy (non-hydrogen) atoms. The smallest absolute Gasteiger partial charge is 0.161 e. The number of nitrogens with two attached hydrogens (primary N) is 1. The normalized spacial score (nSPS) is 12.4. The van der Waals surface area contributed by atoms with Gasteiger partial charge in [-0.3, -0.25) is 16.0 Å². The molecule has 2 rings (SSSR count). The third-order valence-electron chi connectivity index (χ3n) is 2.93. The predicted octanol–water partition coefficient (Wildman–Crippen LogP) is 1.86. The van der Waals surface area contributed by atoms with Crippen LogP contribution in [-0.2, 0) is 7.05 Å². The number of hydrogen-bond donors (Lipinski definition) is 2. The molecule has 108 valence electrons. The number of aromatic nitrogens is 2. The van der Waals surface area contributed by atoms with Gasteiger partial charge >= 0.3 is 0 Å². The van der Waals surface area contributed by atoms with E-state index in [0.29, 0.717) is 11.5 Å². The highest BCUT2D eigenvalue weighted by molar-refractivity contribution is 7.99. The molecule has 0 amide bonds. The Morgan fingerprint density at radius 3 is 2.75 bits per heavy atom. The minimum absolute atomic E-state index is 0.118. The van der Waals surface area contributed by atoms with Gasteiger partial charge in [0.25, 0.3) is 0 Å². The second-order valence-corrected chi connectivity index (χ2v) is 5.30. The number of benzene rings is 1. The van der Waals surface area contributed by atoms with Crippen LogP contribution in [-0.4, -0.2) is 22.6 Å². The number of halogens is 1. The number of nitrogens with one attached hydrogen (secondary N) is 1. The van der Waals surface area contributed by atoms with Gasteiger partial charge in [0.15, 0.2) is 5.75 Å². The number of ether oxygens (including phenoxy) is 1. The van der Waals surface area contributed by atoms with Crippen molar-refractivity contribution in [2.75, 3.05) is 12.9 Å². The summed E-state index contributed by atoms with van der Waals surface area (Å²) in [5.74, 6) is 6.75. The molecule has 2 aromatic rings. The summed E-state index contributed by atoms with van der Waals surface area (Å²) in [6, 6.07) is 6.25. The number of rotatable bonds is 6. The fourth-order valence-electron chi connectivity index (χ4n) is 1.90. The van der Waals surface area contributed by atoms with E-state index in [0.717, 1.165) is 10.6 Å². The highest BCUT2D eigenvalue weighted by atomic mass is 32.2. The zero-order chi connectivity index (χ0) is 14.5. The number of thioether (sulfide) groups is 1. The Labute approximate surface area is 121 Å². The fraction of sp³-hybridized carbons (Fsp3) is 0.308. The van der Waals surface area contributed by atoms with Gasteiger partial charge in [-0.05, 0) is 24.3 Å². The number of hydrogen-bond acceptors (Lipinski definition) is 5. The van der Waals surface area contributed by atoms with E-state index < -0.39 is 0 Å². The molecule has 0 radical (unpaired) electrons. The average molecular weight is 296 g/mol. The minimum Gasteiger partial charge on any atom is -0.493 e. The Bertz CT molecular complexity index is 558. The predicted molar refractivity (Wildman–Crippen MR) is 76.9 cm³/mol. The molecule has 3 N–H and O–H groups in total. The van der Waals surface area contributed by atoms with E-state index in [2.05, 4.69) is 10.5 Å². The number of nitrogens with zero attached hydrogens (tertiary/aromatic N) is 2. The summed E-state index contributed by atoms with van der Waals surface area (Å²) in [6.45, 7) is 0. The molecule has 1 aromatic heterocycles. The maximum absolute atomic E-state index is 12.9. The standard InChI is InChI=1S/C13H17FN4OS/c1-18-13(12(19-2)7-16-18)11(17-15)8-20-10-5-3-9(14)4-6-10/h3-7,11,17H,8,15H2,1-2H3. The summed E-state index contributed by atoms with van der Waals surface area (Å²) in [6.07, 6.45) is 1.65. The van der Waals surface area contributed by atoms with Gasteiger partial charge in [0.1, 0.15) is 5.82 Å². The van der Waals surface area contributed by atoms with Gasteiger partial charge in [-0.15, -0.1) is 11.8 Å². The van der Waals surface area contributed by atoms with E-state index in [-0.39, 0.29) is 11.9 Å². The molecular formula is C13H17FN4OS. The van der Waals surface area contributed by atoms with E-state index in [1.54, 1.807) is 41.9 Å². The van der Waals surface area contributed by atoms with E-state index in [1.165, 1.54) is 12.1 Å². The molecule has 0 bridgehead atoms. The maximum atomic E-state index is 12.9. The number of hydrazine groups is 1. The van der Waals surface area contributed by atoms with Crippen LogP contribution in [0.2, 0.25) is 0 Å². The SMILES string of the molecule is COc1cnn(C)c1C(CSc1ccc(F)cc1)NN. The van der Waals surface area contributed by atoms with Crippen molar-refractivity contribution < 1.29 is 9.13 Å².